The van der Waals surface area contributed by atoms with Gasteiger partial charge in [0.25, 0.3) is 0 Å². The number of hydrogen-bond donors (Lipinski definition) is 2. The number of hydroxylamine groups is 1. The van der Waals surface area contributed by atoms with E-state index in [9.17, 15) is 4.79 Å². The first-order valence-electron chi connectivity index (χ1n) is 6.99. The van der Waals surface area contributed by atoms with Crippen LogP contribution in [0.4, 0.5) is 11.5 Å². The second-order valence-electron chi connectivity index (χ2n) is 4.33. The van der Waals surface area contributed by atoms with E-state index in [1.54, 1.807) is 31.2 Å². The Balaban J connectivity index is 2.22. The van der Waals surface area contributed by atoms with Gasteiger partial charge in [-0.15, -0.1) is 0 Å². The van der Waals surface area contributed by atoms with Crippen molar-refractivity contribution >= 4 is 23.3 Å². The summed E-state index contributed by atoms with van der Waals surface area (Å²) in [5, 5.41) is 7.15. The van der Waals surface area contributed by atoms with E-state index in [1.807, 2.05) is 0 Å². The normalized spacial score (nSPS) is 11.2. The van der Waals surface area contributed by atoms with E-state index in [0.717, 1.165) is 0 Å². The second-order valence-corrected chi connectivity index (χ2v) is 4.33. The second kappa shape index (κ2) is 8.48. The molecule has 1 aromatic heterocycles. The predicted octanol–water partition coefficient (Wildman–Crippen LogP) is 0.823. The van der Waals surface area contributed by atoms with E-state index in [2.05, 4.69) is 25.4 Å². The number of amidine groups is 1. The Kier molecular flexibility index (Phi) is 6.08. The number of carbonyl (C=O) groups excluding carboxylic acids is 1. The molecule has 10 nitrogen and oxygen atoms in total. The number of hydrogen-bond acceptors (Lipinski definition) is 9. The molecule has 3 N–H and O–H groups in total. The average molecular weight is 335 g/mol. The van der Waals surface area contributed by atoms with Crippen LogP contribution in [0.3, 0.4) is 0 Å². The topological polar surface area (TPSA) is 134 Å². The minimum Gasteiger partial charge on any atom is -0.494 e. The quantitative estimate of drug-likeness (QED) is 0.326. The largest absolute Gasteiger partial charge is 0.494 e. The smallest absolute Gasteiger partial charge is 0.334 e. The van der Waals surface area contributed by atoms with E-state index in [4.69, 9.17) is 20.0 Å². The van der Waals surface area contributed by atoms with E-state index >= 15 is 0 Å². The van der Waals surface area contributed by atoms with Gasteiger partial charge in [0.15, 0.2) is 24.0 Å². The number of anilines is 1. The summed E-state index contributed by atoms with van der Waals surface area (Å²) in [6.07, 6.45) is 0. The highest BCUT2D eigenvalue weighted by Gasteiger charge is 2.16. The molecule has 1 heterocycles. The lowest BCUT2D eigenvalue weighted by molar-refractivity contribution is -0.149. The highest BCUT2D eigenvalue weighted by atomic mass is 16.7. The van der Waals surface area contributed by atoms with Crippen LogP contribution in [0.2, 0.25) is 0 Å². The zero-order chi connectivity index (χ0) is 17.4. The number of carbonyl (C=O) groups is 1. The Morgan fingerprint density at radius 3 is 2.83 bits per heavy atom. The molecule has 0 aliphatic rings. The van der Waals surface area contributed by atoms with Crippen LogP contribution in [0.15, 0.2) is 33.9 Å². The summed E-state index contributed by atoms with van der Waals surface area (Å²) in [6.45, 7) is 1.62. The lowest BCUT2D eigenvalue weighted by Crippen LogP contribution is -2.29. The van der Waals surface area contributed by atoms with E-state index in [0.29, 0.717) is 11.4 Å². The molecular weight excluding hydrogens is 318 g/mol. The van der Waals surface area contributed by atoms with Crippen LogP contribution in [0, 0.1) is 0 Å². The number of benzene rings is 1. The molecule has 1 aromatic carbocycles. The first-order valence-corrected chi connectivity index (χ1v) is 6.99. The first-order chi connectivity index (χ1) is 11.7. The summed E-state index contributed by atoms with van der Waals surface area (Å²) in [4.78, 5) is 20.7. The molecule has 0 aliphatic carbocycles. The Bertz CT molecular complexity index is 715. The average Bonchev–Trinajstić information content (AvgIpc) is 3.00. The van der Waals surface area contributed by atoms with Crippen LogP contribution in [-0.4, -0.2) is 42.4 Å². The molecule has 0 radical (unpaired) electrons. The summed E-state index contributed by atoms with van der Waals surface area (Å²) in [5.74, 6) is 0.101. The number of para-hydroxylation sites is 2. The molecule has 0 saturated carbocycles. The maximum absolute atomic E-state index is 11.3. The molecule has 0 fully saturated rings. The summed E-state index contributed by atoms with van der Waals surface area (Å²) < 4.78 is 14.5. The van der Waals surface area contributed by atoms with Crippen LogP contribution in [0.5, 0.6) is 5.75 Å². The maximum Gasteiger partial charge on any atom is 0.334 e. The van der Waals surface area contributed by atoms with Crippen molar-refractivity contribution in [3.05, 3.63) is 30.0 Å². The summed E-state index contributed by atoms with van der Waals surface area (Å²) in [7, 11) is 1.52. The monoisotopic (exact) mass is 335 g/mol. The molecule has 0 unspecified atom stereocenters. The van der Waals surface area contributed by atoms with Gasteiger partial charge < -0.3 is 15.2 Å². The van der Waals surface area contributed by atoms with Crippen molar-refractivity contribution in [2.75, 3.05) is 26.1 Å². The van der Waals surface area contributed by atoms with Gasteiger partial charge in [-0.3, -0.25) is 4.84 Å². The Hall–Kier alpha value is -3.14. The standard InChI is InChI=1S/C14H17N5O5/c1-3-22-11(20)8-23-19-14(12-13(15)18-24-17-12)16-9-6-4-5-7-10(9)21-2/h4-7H,3,8H2,1-2H3,(H2,15,18)(H,16,19). The number of nitrogens with one attached hydrogen (secondary N) is 1. The number of ether oxygens (including phenoxy) is 2. The molecule has 2 rings (SSSR count). The molecule has 2 aromatic rings. The van der Waals surface area contributed by atoms with Crippen molar-refractivity contribution in [3.8, 4) is 5.75 Å². The van der Waals surface area contributed by atoms with Crippen LogP contribution in [0.25, 0.3) is 0 Å². The number of aliphatic imine (C=N–C) groups is 1. The third-order valence-electron chi connectivity index (χ3n) is 2.72. The van der Waals surface area contributed by atoms with Crippen molar-refractivity contribution < 1.29 is 23.7 Å². The molecule has 0 saturated heterocycles. The highest BCUT2D eigenvalue weighted by Crippen LogP contribution is 2.27. The van der Waals surface area contributed by atoms with E-state index in [-0.39, 0.29) is 30.6 Å². The number of nitrogens with two attached hydrogens (primary N) is 1. The molecule has 24 heavy (non-hydrogen) atoms. The number of rotatable bonds is 7. The van der Waals surface area contributed by atoms with Crippen molar-refractivity contribution in [3.63, 3.8) is 0 Å². The van der Waals surface area contributed by atoms with Gasteiger partial charge in [0.1, 0.15) is 11.4 Å². The molecule has 128 valence electrons. The zero-order valence-corrected chi connectivity index (χ0v) is 13.2. The van der Waals surface area contributed by atoms with Crippen molar-refractivity contribution in [2.45, 2.75) is 6.92 Å². The van der Waals surface area contributed by atoms with Gasteiger partial charge in [-0.05, 0) is 29.4 Å². The Morgan fingerprint density at radius 2 is 2.17 bits per heavy atom. The predicted molar refractivity (Wildman–Crippen MR) is 83.6 cm³/mol. The van der Waals surface area contributed by atoms with Crippen LogP contribution >= 0.6 is 0 Å². The fourth-order valence-corrected chi connectivity index (χ4v) is 1.69. The zero-order valence-electron chi connectivity index (χ0n) is 13.2. The number of esters is 1. The summed E-state index contributed by atoms with van der Waals surface area (Å²) in [5.41, 5.74) is 8.80. The molecular formula is C14H17N5O5. The van der Waals surface area contributed by atoms with Gasteiger partial charge >= 0.3 is 5.97 Å². The fourth-order valence-electron chi connectivity index (χ4n) is 1.69. The van der Waals surface area contributed by atoms with E-state index < -0.39 is 5.97 Å². The molecule has 10 heteroatoms. The van der Waals surface area contributed by atoms with Gasteiger partial charge in [-0.25, -0.2) is 19.9 Å². The molecule has 0 bridgehead atoms. The molecule has 0 aliphatic heterocycles. The number of nitrogen functional groups attached to an aromatic ring is 1. The van der Waals surface area contributed by atoms with Gasteiger partial charge in [-0.2, -0.15) is 0 Å². The first kappa shape index (κ1) is 17.2. The Labute approximate surface area is 137 Å². The van der Waals surface area contributed by atoms with E-state index in [1.165, 1.54) is 7.11 Å². The fraction of sp³-hybridized carbons (Fsp3) is 0.286. The Morgan fingerprint density at radius 1 is 1.38 bits per heavy atom. The summed E-state index contributed by atoms with van der Waals surface area (Å²) in [6, 6.07) is 7.03. The molecule has 0 spiro atoms. The maximum atomic E-state index is 11.3. The summed E-state index contributed by atoms with van der Waals surface area (Å²) >= 11 is 0. The number of nitrogens with zero attached hydrogens (tertiary/aromatic N) is 3. The van der Waals surface area contributed by atoms with Crippen molar-refractivity contribution in [1.29, 1.82) is 0 Å². The van der Waals surface area contributed by atoms with Crippen LogP contribution < -0.4 is 16.0 Å². The lowest BCUT2D eigenvalue weighted by atomic mass is 10.3. The van der Waals surface area contributed by atoms with Gasteiger partial charge in [0.2, 0.25) is 0 Å². The molecule has 0 atom stereocenters. The highest BCUT2D eigenvalue weighted by molar-refractivity contribution is 6.01. The minimum atomic E-state index is -0.534. The number of methoxy groups -OCH3 is 1. The van der Waals surface area contributed by atoms with Gasteiger partial charge in [-0.1, -0.05) is 12.1 Å². The third-order valence-corrected chi connectivity index (χ3v) is 2.72. The van der Waals surface area contributed by atoms with Crippen molar-refractivity contribution in [2.24, 2.45) is 4.99 Å². The van der Waals surface area contributed by atoms with Crippen LogP contribution in [-0.2, 0) is 14.4 Å². The SMILES string of the molecule is CCOC(=O)CONC(=Nc1ccccc1OC)c1nonc1N. The number of aromatic nitrogens is 2. The van der Waals surface area contributed by atoms with Crippen LogP contribution in [0.1, 0.15) is 12.6 Å². The minimum absolute atomic E-state index is 0.0101. The van der Waals surface area contributed by atoms with Crippen molar-refractivity contribution in [1.82, 2.24) is 15.8 Å². The van der Waals surface area contributed by atoms with Gasteiger partial charge in [0.05, 0.1) is 13.7 Å². The lowest BCUT2D eigenvalue weighted by Gasteiger charge is -2.09. The molecule has 0 amide bonds. The third kappa shape index (κ3) is 4.43. The van der Waals surface area contributed by atoms with Gasteiger partial charge in [0, 0.05) is 0 Å².